The monoisotopic (exact) mass is 654 g/mol. The topological polar surface area (TPSA) is 3.24 Å². The van der Waals surface area contributed by atoms with E-state index in [1.54, 1.807) is 0 Å². The molecular weight excluding hydrogens is 596 g/mol. The fourth-order valence-corrected chi connectivity index (χ4v) is 4.64. The van der Waals surface area contributed by atoms with E-state index in [9.17, 15) is 0 Å². The lowest BCUT2D eigenvalue weighted by atomic mass is 9.86. The lowest BCUT2D eigenvalue weighted by molar-refractivity contribution is -0.936. The first-order valence-electron chi connectivity index (χ1n) is 14.6. The zero-order valence-electron chi connectivity index (χ0n) is 26.9. The minimum absolute atomic E-state index is 0. The zero-order valence-corrected chi connectivity index (χ0v) is 30.1. The molecule has 0 amide bonds. The van der Waals surface area contributed by atoms with E-state index in [2.05, 4.69) is 152 Å². The normalized spacial score (nSPS) is 11.6. The number of benzene rings is 2. The maximum Gasteiger partial charge on any atom is 0.104 e. The third kappa shape index (κ3) is 14.6. The van der Waals surface area contributed by atoms with Crippen LogP contribution >= 0.6 is 15.9 Å². The van der Waals surface area contributed by atoms with Gasteiger partial charge in [-0.2, -0.15) is 0 Å². The SMILES string of the molecule is CC(C)(C)c1ccc(CBr)cc1.CCN(CC)CC.CC[N+](CC)(CC)Cc1ccc(C(C)(C)C)cc1.[Br-]. The second-order valence-corrected chi connectivity index (χ2v) is 12.7. The van der Waals surface area contributed by atoms with E-state index in [0.717, 1.165) is 11.9 Å². The number of hydrogen-bond acceptors (Lipinski definition) is 1. The Hall–Kier alpha value is -0.680. The molecule has 0 aromatic heterocycles. The van der Waals surface area contributed by atoms with Crippen molar-refractivity contribution in [2.45, 2.75) is 106 Å². The van der Waals surface area contributed by atoms with Gasteiger partial charge < -0.3 is 26.4 Å². The summed E-state index contributed by atoms with van der Waals surface area (Å²) in [7, 11) is 0. The second-order valence-electron chi connectivity index (χ2n) is 12.1. The Kier molecular flexibility index (Phi) is 20.2. The highest BCUT2D eigenvalue weighted by atomic mass is 79.9. The molecule has 0 aliphatic heterocycles. The van der Waals surface area contributed by atoms with Crippen molar-refractivity contribution < 1.29 is 21.5 Å². The van der Waals surface area contributed by atoms with Crippen LogP contribution in [0.15, 0.2) is 48.5 Å². The first kappa shape index (κ1) is 39.5. The van der Waals surface area contributed by atoms with Gasteiger partial charge in [-0.15, -0.1) is 0 Å². The highest BCUT2D eigenvalue weighted by Crippen LogP contribution is 2.24. The van der Waals surface area contributed by atoms with Gasteiger partial charge in [0.25, 0.3) is 0 Å². The summed E-state index contributed by atoms with van der Waals surface area (Å²) in [6, 6.07) is 18.0. The molecule has 2 aromatic carbocycles. The fraction of sp³-hybridized carbons (Fsp3) is 0.647. The molecular formula is C34H60Br2N2. The third-order valence-corrected chi connectivity index (χ3v) is 8.31. The van der Waals surface area contributed by atoms with Crippen molar-refractivity contribution in [1.82, 2.24) is 4.90 Å². The molecule has 0 saturated carbocycles. The maximum atomic E-state index is 3.43. The molecule has 2 rings (SSSR count). The number of rotatable bonds is 9. The average molecular weight is 657 g/mol. The van der Waals surface area contributed by atoms with Crippen molar-refractivity contribution in [3.05, 3.63) is 70.8 Å². The highest BCUT2D eigenvalue weighted by Gasteiger charge is 2.21. The third-order valence-electron chi connectivity index (χ3n) is 7.67. The highest BCUT2D eigenvalue weighted by molar-refractivity contribution is 9.08. The van der Waals surface area contributed by atoms with E-state index >= 15 is 0 Å². The van der Waals surface area contributed by atoms with Crippen LogP contribution in [0.4, 0.5) is 0 Å². The van der Waals surface area contributed by atoms with Gasteiger partial charge in [0.2, 0.25) is 0 Å². The predicted molar refractivity (Wildman–Crippen MR) is 172 cm³/mol. The first-order chi connectivity index (χ1) is 17.2. The van der Waals surface area contributed by atoms with Crippen LogP contribution in [0, 0.1) is 0 Å². The lowest BCUT2D eigenvalue weighted by Gasteiger charge is -2.36. The summed E-state index contributed by atoms with van der Waals surface area (Å²) in [4.78, 5) is 2.38. The number of alkyl halides is 1. The van der Waals surface area contributed by atoms with E-state index in [1.165, 1.54) is 66.0 Å². The second kappa shape index (κ2) is 19.4. The number of nitrogens with zero attached hydrogens (tertiary/aromatic N) is 2. The largest absolute Gasteiger partial charge is 1.00 e. The molecule has 0 spiro atoms. The minimum Gasteiger partial charge on any atom is -1.00 e. The molecule has 0 fully saturated rings. The summed E-state index contributed by atoms with van der Waals surface area (Å²) in [5, 5.41) is 0.942. The van der Waals surface area contributed by atoms with E-state index < -0.39 is 0 Å². The van der Waals surface area contributed by atoms with Crippen LogP contribution in [-0.2, 0) is 22.7 Å². The van der Waals surface area contributed by atoms with Gasteiger partial charge in [0.05, 0.1) is 19.6 Å². The molecule has 0 saturated heterocycles. The number of quaternary nitrogens is 1. The Balaban J connectivity index is 0. The molecule has 0 bridgehead atoms. The summed E-state index contributed by atoms with van der Waals surface area (Å²) in [6.07, 6.45) is 0. The van der Waals surface area contributed by atoms with Gasteiger partial charge in [0.15, 0.2) is 0 Å². The molecule has 220 valence electrons. The molecule has 38 heavy (non-hydrogen) atoms. The quantitative estimate of drug-likeness (QED) is 0.218. The Morgan fingerprint density at radius 1 is 0.579 bits per heavy atom. The van der Waals surface area contributed by atoms with Crippen LogP contribution < -0.4 is 17.0 Å². The van der Waals surface area contributed by atoms with Gasteiger partial charge in [0.1, 0.15) is 6.54 Å². The Morgan fingerprint density at radius 2 is 0.895 bits per heavy atom. The first-order valence-corrected chi connectivity index (χ1v) is 15.7. The van der Waals surface area contributed by atoms with Crippen molar-refractivity contribution in [2.75, 3.05) is 39.3 Å². The van der Waals surface area contributed by atoms with Crippen molar-refractivity contribution in [2.24, 2.45) is 0 Å². The molecule has 0 N–H and O–H groups in total. The molecule has 0 unspecified atom stereocenters. The van der Waals surface area contributed by atoms with Crippen LogP contribution in [0.1, 0.15) is 105 Å². The van der Waals surface area contributed by atoms with Gasteiger partial charge in [-0.1, -0.05) is 127 Å². The maximum absolute atomic E-state index is 3.43. The molecule has 0 radical (unpaired) electrons. The summed E-state index contributed by atoms with van der Waals surface area (Å²) < 4.78 is 1.19. The average Bonchev–Trinajstić information content (AvgIpc) is 2.88. The van der Waals surface area contributed by atoms with E-state index in [0.29, 0.717) is 0 Å². The van der Waals surface area contributed by atoms with E-state index in [-0.39, 0.29) is 27.8 Å². The van der Waals surface area contributed by atoms with E-state index in [1.807, 2.05) is 0 Å². The molecule has 0 aliphatic rings. The molecule has 0 heterocycles. The zero-order chi connectivity index (χ0) is 28.7. The predicted octanol–water partition coefficient (Wildman–Crippen LogP) is 6.59. The molecule has 0 aliphatic carbocycles. The molecule has 2 nitrogen and oxygen atoms in total. The van der Waals surface area contributed by atoms with Crippen molar-refractivity contribution in [3.63, 3.8) is 0 Å². The van der Waals surface area contributed by atoms with Crippen LogP contribution in [-0.4, -0.2) is 48.7 Å². The van der Waals surface area contributed by atoms with Crippen LogP contribution in [0.2, 0.25) is 0 Å². The summed E-state index contributed by atoms with van der Waals surface area (Å²) >= 11 is 3.43. The van der Waals surface area contributed by atoms with Gasteiger partial charge in [-0.25, -0.2) is 0 Å². The van der Waals surface area contributed by atoms with Gasteiger partial charge in [-0.3, -0.25) is 0 Å². The Labute approximate surface area is 257 Å². The molecule has 4 heteroatoms. The van der Waals surface area contributed by atoms with Gasteiger partial charge >= 0.3 is 0 Å². The fourth-order valence-electron chi connectivity index (χ4n) is 4.27. The van der Waals surface area contributed by atoms with E-state index in [4.69, 9.17) is 0 Å². The van der Waals surface area contributed by atoms with Crippen LogP contribution in [0.3, 0.4) is 0 Å². The lowest BCUT2D eigenvalue weighted by Crippen LogP contribution is -3.00. The minimum atomic E-state index is 0. The van der Waals surface area contributed by atoms with Crippen molar-refractivity contribution in [3.8, 4) is 0 Å². The van der Waals surface area contributed by atoms with Crippen molar-refractivity contribution in [1.29, 1.82) is 0 Å². The van der Waals surface area contributed by atoms with Crippen molar-refractivity contribution >= 4 is 15.9 Å². The Morgan fingerprint density at radius 3 is 1.11 bits per heavy atom. The summed E-state index contributed by atoms with van der Waals surface area (Å²) in [5.74, 6) is 0. The van der Waals surface area contributed by atoms with Crippen LogP contribution in [0.25, 0.3) is 0 Å². The number of hydrogen-bond donors (Lipinski definition) is 0. The summed E-state index contributed by atoms with van der Waals surface area (Å²) in [5.41, 5.74) is 6.15. The molecule has 2 aromatic rings. The van der Waals surface area contributed by atoms with Gasteiger partial charge in [0, 0.05) is 10.9 Å². The standard InChI is InChI=1S/C17H30N.C11H15Br.C6H15N.BrH/c1-7-18(8-2,9-3)14-15-10-12-16(13-11-15)17(4,5)6;1-11(2,3)10-6-4-9(8-12)5-7-10;1-4-7(5-2)6-3;/h10-13H,7-9,14H2,1-6H3;4-7H,8H2,1-3H3;4-6H2,1-3H3;1H/q+1;;;/p-1. The number of halogens is 2. The molecule has 0 atom stereocenters. The van der Waals surface area contributed by atoms with Gasteiger partial charge in [-0.05, 0) is 67.9 Å². The Bertz CT molecular complexity index is 809. The smallest absolute Gasteiger partial charge is 0.104 e. The summed E-state index contributed by atoms with van der Waals surface area (Å²) in [6.45, 7) is 35.3. The van der Waals surface area contributed by atoms with Crippen LogP contribution in [0.5, 0.6) is 0 Å².